The molecule has 0 aliphatic carbocycles. The predicted molar refractivity (Wildman–Crippen MR) is 132 cm³/mol. The van der Waals surface area contributed by atoms with Crippen LogP contribution in [-0.4, -0.2) is 29.1 Å². The summed E-state index contributed by atoms with van der Waals surface area (Å²) in [4.78, 5) is 25.3. The van der Waals surface area contributed by atoms with Crippen molar-refractivity contribution in [2.24, 2.45) is 0 Å². The minimum absolute atomic E-state index is 0.00422. The number of benzene rings is 3. The number of allylic oxidation sites excluding steroid dienone is 1. The fraction of sp³-hybridized carbons (Fsp3) is 0.0769. The van der Waals surface area contributed by atoms with Crippen LogP contribution in [0.4, 0.5) is 17.1 Å². The predicted octanol–water partition coefficient (Wildman–Crippen LogP) is 4.99. The van der Waals surface area contributed by atoms with Gasteiger partial charge in [-0.25, -0.2) is 0 Å². The summed E-state index contributed by atoms with van der Waals surface area (Å²) in [5.41, 5.74) is 3.12. The van der Waals surface area contributed by atoms with Gasteiger partial charge in [0, 0.05) is 27.5 Å². The highest BCUT2D eigenvalue weighted by molar-refractivity contribution is 9.10. The molecule has 1 aliphatic rings. The van der Waals surface area contributed by atoms with Crippen molar-refractivity contribution in [3.8, 4) is 6.07 Å². The highest BCUT2D eigenvalue weighted by Gasteiger charge is 2.31. The van der Waals surface area contributed by atoms with Crippen LogP contribution in [0.1, 0.15) is 11.5 Å². The van der Waals surface area contributed by atoms with E-state index in [2.05, 4.69) is 26.6 Å². The lowest BCUT2D eigenvalue weighted by molar-refractivity contribution is -0.419. The normalized spacial score (nSPS) is 14.6. The summed E-state index contributed by atoms with van der Waals surface area (Å²) >= 11 is 3.36. The third-order valence-corrected chi connectivity index (χ3v) is 5.66. The number of hydrogen-bond donors (Lipinski definition) is 2. The third-order valence-electron chi connectivity index (χ3n) is 5.13. The van der Waals surface area contributed by atoms with Gasteiger partial charge < -0.3 is 10.6 Å². The molecule has 33 heavy (non-hydrogen) atoms. The van der Waals surface area contributed by atoms with E-state index in [4.69, 9.17) is 0 Å². The molecule has 2 amide bonds. The molecular formula is C26H20BrN4O2+. The molecule has 3 aromatic carbocycles. The number of rotatable bonds is 6. The molecule has 1 aliphatic heterocycles. The van der Waals surface area contributed by atoms with Gasteiger partial charge in [0.15, 0.2) is 6.21 Å². The van der Waals surface area contributed by atoms with Gasteiger partial charge >= 0.3 is 0 Å². The minimum atomic E-state index is -0.481. The zero-order valence-corrected chi connectivity index (χ0v) is 19.1. The zero-order valence-electron chi connectivity index (χ0n) is 17.5. The Morgan fingerprint density at radius 1 is 0.939 bits per heavy atom. The highest BCUT2D eigenvalue weighted by Crippen LogP contribution is 2.33. The summed E-state index contributed by atoms with van der Waals surface area (Å²) < 4.78 is 2.74. The largest absolute Gasteiger partial charge is 0.321 e. The number of nitriles is 1. The molecular weight excluding hydrogens is 480 g/mol. The molecule has 3 aromatic rings. The number of para-hydroxylation sites is 2. The molecule has 4 rings (SSSR count). The summed E-state index contributed by atoms with van der Waals surface area (Å²) in [6.45, 7) is 0.114. The topological polar surface area (TPSA) is 85.0 Å². The van der Waals surface area contributed by atoms with E-state index in [0.717, 1.165) is 21.4 Å². The SMILES string of the molecule is N#C/C(=C\C1C=[N+](CC(=O)Nc2ccccc2)c2ccccc21)C(=O)Nc1ccc(Br)cc1. The van der Waals surface area contributed by atoms with Crippen LogP contribution in [0.2, 0.25) is 0 Å². The van der Waals surface area contributed by atoms with E-state index in [-0.39, 0.29) is 23.9 Å². The van der Waals surface area contributed by atoms with E-state index in [0.29, 0.717) is 5.69 Å². The number of hydrogen-bond acceptors (Lipinski definition) is 3. The Kier molecular flexibility index (Phi) is 6.77. The lowest BCUT2D eigenvalue weighted by atomic mass is 9.98. The van der Waals surface area contributed by atoms with Crippen LogP contribution in [-0.2, 0) is 9.59 Å². The number of nitrogens with one attached hydrogen (secondary N) is 2. The Hall–Kier alpha value is -4.02. The van der Waals surface area contributed by atoms with E-state index in [1.165, 1.54) is 0 Å². The average molecular weight is 500 g/mol. The summed E-state index contributed by atoms with van der Waals surface area (Å²) in [7, 11) is 0. The number of fused-ring (bicyclic) bond motifs is 1. The van der Waals surface area contributed by atoms with Crippen molar-refractivity contribution in [1.29, 1.82) is 5.26 Å². The molecule has 0 bridgehead atoms. The summed E-state index contributed by atoms with van der Waals surface area (Å²) in [6.07, 6.45) is 3.49. The third kappa shape index (κ3) is 5.43. The number of halogens is 1. The molecule has 0 spiro atoms. The van der Waals surface area contributed by atoms with E-state index in [9.17, 15) is 14.9 Å². The summed E-state index contributed by atoms with van der Waals surface area (Å²) in [5.74, 6) is -0.951. The maximum atomic E-state index is 12.7. The Morgan fingerprint density at radius 2 is 1.61 bits per heavy atom. The van der Waals surface area contributed by atoms with E-state index in [1.807, 2.05) is 83.6 Å². The number of amides is 2. The molecule has 6 nitrogen and oxygen atoms in total. The van der Waals surface area contributed by atoms with Gasteiger partial charge in [-0.15, -0.1) is 0 Å². The highest BCUT2D eigenvalue weighted by atomic mass is 79.9. The van der Waals surface area contributed by atoms with Gasteiger partial charge in [-0.3, -0.25) is 9.59 Å². The number of carbonyl (C=O) groups is 2. The van der Waals surface area contributed by atoms with Crippen LogP contribution in [0.3, 0.4) is 0 Å². The van der Waals surface area contributed by atoms with Crippen molar-refractivity contribution in [2.75, 3.05) is 17.2 Å². The van der Waals surface area contributed by atoms with E-state index < -0.39 is 5.91 Å². The fourth-order valence-corrected chi connectivity index (χ4v) is 3.87. The zero-order chi connectivity index (χ0) is 23.2. The minimum Gasteiger partial charge on any atom is -0.321 e. The maximum Gasteiger partial charge on any atom is 0.290 e. The van der Waals surface area contributed by atoms with Crippen LogP contribution >= 0.6 is 15.9 Å². The molecule has 0 fully saturated rings. The first-order valence-electron chi connectivity index (χ1n) is 10.3. The second kappa shape index (κ2) is 10.1. The second-order valence-electron chi connectivity index (χ2n) is 7.43. The lowest BCUT2D eigenvalue weighted by Crippen LogP contribution is -2.23. The smallest absolute Gasteiger partial charge is 0.290 e. The summed E-state index contributed by atoms with van der Waals surface area (Å²) in [6, 6.07) is 26.0. The van der Waals surface area contributed by atoms with Crippen molar-refractivity contribution in [3.63, 3.8) is 0 Å². The van der Waals surface area contributed by atoms with Gasteiger partial charge in [0.2, 0.25) is 12.2 Å². The van der Waals surface area contributed by atoms with Gasteiger partial charge in [0.1, 0.15) is 11.6 Å². The number of carbonyl (C=O) groups excluding carboxylic acids is 2. The Labute approximate surface area is 200 Å². The van der Waals surface area contributed by atoms with Gasteiger partial charge in [0.05, 0.1) is 5.92 Å². The molecule has 0 saturated carbocycles. The lowest BCUT2D eigenvalue weighted by Gasteiger charge is -2.05. The van der Waals surface area contributed by atoms with Crippen molar-refractivity contribution in [3.05, 3.63) is 101 Å². The van der Waals surface area contributed by atoms with Crippen LogP contribution in [0, 0.1) is 11.3 Å². The average Bonchev–Trinajstić information content (AvgIpc) is 3.16. The molecule has 1 atom stereocenters. The molecule has 2 N–H and O–H groups in total. The van der Waals surface area contributed by atoms with Crippen molar-refractivity contribution in [2.45, 2.75) is 5.92 Å². The molecule has 0 saturated heterocycles. The Morgan fingerprint density at radius 3 is 2.33 bits per heavy atom. The molecule has 162 valence electrons. The first kappa shape index (κ1) is 22.2. The molecule has 0 radical (unpaired) electrons. The van der Waals surface area contributed by atoms with Gasteiger partial charge in [0.25, 0.3) is 11.8 Å². The van der Waals surface area contributed by atoms with Gasteiger partial charge in [-0.1, -0.05) is 52.3 Å². The monoisotopic (exact) mass is 499 g/mol. The van der Waals surface area contributed by atoms with Crippen molar-refractivity contribution < 1.29 is 14.2 Å². The Bertz CT molecular complexity index is 1290. The molecule has 1 unspecified atom stereocenters. The second-order valence-corrected chi connectivity index (χ2v) is 8.34. The van der Waals surface area contributed by atoms with E-state index >= 15 is 0 Å². The van der Waals surface area contributed by atoms with Crippen molar-refractivity contribution >= 4 is 51.0 Å². The molecule has 0 aromatic heterocycles. The maximum absolute atomic E-state index is 12.7. The van der Waals surface area contributed by atoms with Gasteiger partial charge in [-0.2, -0.15) is 9.84 Å². The molecule has 1 heterocycles. The van der Waals surface area contributed by atoms with Crippen molar-refractivity contribution in [1.82, 2.24) is 0 Å². The van der Waals surface area contributed by atoms with Crippen LogP contribution in [0.15, 0.2) is 95.0 Å². The fourth-order valence-electron chi connectivity index (χ4n) is 3.61. The first-order chi connectivity index (χ1) is 16.0. The van der Waals surface area contributed by atoms with E-state index in [1.54, 1.807) is 18.2 Å². The summed E-state index contributed by atoms with van der Waals surface area (Å²) in [5, 5.41) is 15.3. The van der Waals surface area contributed by atoms with Crippen LogP contribution < -0.4 is 10.6 Å². The number of anilines is 2. The molecule has 7 heteroatoms. The number of nitrogens with zero attached hydrogens (tertiary/aromatic N) is 2. The van der Waals surface area contributed by atoms with Gasteiger partial charge in [-0.05, 0) is 42.5 Å². The van der Waals surface area contributed by atoms with Crippen LogP contribution in [0.5, 0.6) is 0 Å². The quantitative estimate of drug-likeness (QED) is 0.284. The van der Waals surface area contributed by atoms with Crippen LogP contribution in [0.25, 0.3) is 0 Å². The Balaban J connectivity index is 1.54. The standard InChI is InChI=1S/C26H19BrN4O2/c27-20-10-12-22(13-11-20)30-26(33)18(15-28)14-19-16-31(24-9-5-4-8-23(19)24)17-25(32)29-21-6-2-1-3-7-21/h1-14,16,19H,17H2,(H-,29,30,32,33)/p+1/b18-14+. The first-order valence-corrected chi connectivity index (χ1v) is 11.1.